The molecule has 0 unspecified atom stereocenters. The van der Waals surface area contributed by atoms with Crippen molar-refractivity contribution in [3.05, 3.63) is 34.9 Å². The van der Waals surface area contributed by atoms with Crippen molar-refractivity contribution in [2.45, 2.75) is 71.3 Å². The second-order valence-corrected chi connectivity index (χ2v) is 8.16. The van der Waals surface area contributed by atoms with Crippen LogP contribution in [0, 0.1) is 19.8 Å². The van der Waals surface area contributed by atoms with E-state index in [0.717, 1.165) is 48.9 Å². The van der Waals surface area contributed by atoms with E-state index in [9.17, 15) is 9.59 Å². The van der Waals surface area contributed by atoms with Gasteiger partial charge in [0, 0.05) is 24.7 Å². The molecule has 4 heteroatoms. The maximum absolute atomic E-state index is 12.9. The lowest BCUT2D eigenvalue weighted by molar-refractivity contribution is -0.127. The van der Waals surface area contributed by atoms with Crippen molar-refractivity contribution in [1.29, 1.82) is 0 Å². The summed E-state index contributed by atoms with van der Waals surface area (Å²) in [6.07, 6.45) is 8.99. The minimum atomic E-state index is -0.0677. The molecule has 2 aliphatic rings. The summed E-state index contributed by atoms with van der Waals surface area (Å²) in [7, 11) is 0. The van der Waals surface area contributed by atoms with Gasteiger partial charge >= 0.3 is 0 Å². The number of hydrogen-bond acceptors (Lipinski definition) is 2. The highest BCUT2D eigenvalue weighted by Crippen LogP contribution is 2.22. The summed E-state index contributed by atoms with van der Waals surface area (Å²) in [4.78, 5) is 27.5. The second kappa shape index (κ2) is 8.70. The third kappa shape index (κ3) is 4.87. The predicted octanol–water partition coefficient (Wildman–Crippen LogP) is 3.99. The Bertz CT molecular complexity index is 627. The Labute approximate surface area is 157 Å². The van der Waals surface area contributed by atoms with Gasteiger partial charge in [-0.25, -0.2) is 0 Å². The quantitative estimate of drug-likeness (QED) is 0.833. The van der Waals surface area contributed by atoms with E-state index >= 15 is 0 Å². The average molecular weight is 357 g/mol. The van der Waals surface area contributed by atoms with Gasteiger partial charge in [0.2, 0.25) is 5.91 Å². The molecule has 1 heterocycles. The van der Waals surface area contributed by atoms with E-state index in [4.69, 9.17) is 0 Å². The molecule has 1 aliphatic carbocycles. The molecule has 26 heavy (non-hydrogen) atoms. The van der Waals surface area contributed by atoms with E-state index in [2.05, 4.69) is 11.4 Å². The molecule has 2 amide bonds. The van der Waals surface area contributed by atoms with Gasteiger partial charge in [-0.3, -0.25) is 9.59 Å². The van der Waals surface area contributed by atoms with E-state index in [1.807, 2.05) is 30.9 Å². The summed E-state index contributed by atoms with van der Waals surface area (Å²) in [6, 6.07) is 6.31. The molecule has 2 fully saturated rings. The van der Waals surface area contributed by atoms with E-state index in [1.54, 1.807) is 0 Å². The van der Waals surface area contributed by atoms with Gasteiger partial charge in [-0.05, 0) is 51.7 Å². The first-order chi connectivity index (χ1) is 12.5. The number of amides is 2. The maximum atomic E-state index is 12.9. The SMILES string of the molecule is Cc1cc(C)cc(C(=O)N2CCC[C@@H](C(=O)NC3CCCCCC3)C2)c1. The van der Waals surface area contributed by atoms with Gasteiger partial charge in [-0.1, -0.05) is 42.9 Å². The predicted molar refractivity (Wildman–Crippen MR) is 104 cm³/mol. The first-order valence-electron chi connectivity index (χ1n) is 10.2. The van der Waals surface area contributed by atoms with Crippen LogP contribution >= 0.6 is 0 Å². The zero-order valence-electron chi connectivity index (χ0n) is 16.2. The molecule has 0 spiro atoms. The number of likely N-dealkylation sites (tertiary alicyclic amines) is 1. The van der Waals surface area contributed by atoms with Crippen molar-refractivity contribution in [1.82, 2.24) is 10.2 Å². The molecule has 0 bridgehead atoms. The van der Waals surface area contributed by atoms with Crippen molar-refractivity contribution >= 4 is 11.8 Å². The van der Waals surface area contributed by atoms with Crippen molar-refractivity contribution in [3.63, 3.8) is 0 Å². The van der Waals surface area contributed by atoms with Gasteiger partial charge in [0.25, 0.3) is 5.91 Å². The van der Waals surface area contributed by atoms with Crippen LogP contribution in [0.25, 0.3) is 0 Å². The van der Waals surface area contributed by atoms with Crippen LogP contribution in [0.2, 0.25) is 0 Å². The molecule has 1 aromatic rings. The number of benzene rings is 1. The van der Waals surface area contributed by atoms with Crippen LogP contribution in [0.5, 0.6) is 0 Å². The first-order valence-corrected chi connectivity index (χ1v) is 10.2. The fourth-order valence-electron chi connectivity index (χ4n) is 4.40. The molecule has 4 nitrogen and oxygen atoms in total. The topological polar surface area (TPSA) is 49.4 Å². The molecule has 0 aromatic heterocycles. The summed E-state index contributed by atoms with van der Waals surface area (Å²) in [6.45, 7) is 5.33. The van der Waals surface area contributed by atoms with E-state index in [1.165, 1.54) is 25.7 Å². The normalized spacial score (nSPS) is 21.9. The molecule has 1 N–H and O–H groups in total. The van der Waals surface area contributed by atoms with Gasteiger partial charge in [-0.2, -0.15) is 0 Å². The van der Waals surface area contributed by atoms with Crippen molar-refractivity contribution in [2.75, 3.05) is 13.1 Å². The highest BCUT2D eigenvalue weighted by Gasteiger charge is 2.30. The lowest BCUT2D eigenvalue weighted by atomic mass is 9.95. The Balaban J connectivity index is 1.61. The van der Waals surface area contributed by atoms with Crippen molar-refractivity contribution < 1.29 is 9.59 Å². The minimum Gasteiger partial charge on any atom is -0.353 e. The highest BCUT2D eigenvalue weighted by molar-refractivity contribution is 5.95. The zero-order valence-corrected chi connectivity index (χ0v) is 16.2. The van der Waals surface area contributed by atoms with Crippen molar-refractivity contribution in [2.24, 2.45) is 5.92 Å². The van der Waals surface area contributed by atoms with E-state index in [0.29, 0.717) is 12.6 Å². The number of piperidine rings is 1. The molecule has 0 radical (unpaired) electrons. The summed E-state index contributed by atoms with van der Waals surface area (Å²) in [5.41, 5.74) is 2.95. The number of nitrogens with one attached hydrogen (secondary N) is 1. The van der Waals surface area contributed by atoms with E-state index in [-0.39, 0.29) is 17.7 Å². The Morgan fingerprint density at radius 1 is 0.923 bits per heavy atom. The monoisotopic (exact) mass is 356 g/mol. The standard InChI is InChI=1S/C22H32N2O2/c1-16-12-17(2)14-19(13-16)22(26)24-11-7-8-18(15-24)21(25)23-20-9-5-3-4-6-10-20/h12-14,18,20H,3-11,15H2,1-2H3,(H,23,25)/t18-/m1/s1. The van der Waals surface area contributed by atoms with Crippen LogP contribution in [0.4, 0.5) is 0 Å². The first kappa shape index (κ1) is 18.9. The molecule has 1 saturated heterocycles. The summed E-state index contributed by atoms with van der Waals surface area (Å²) >= 11 is 0. The summed E-state index contributed by atoms with van der Waals surface area (Å²) < 4.78 is 0. The Morgan fingerprint density at radius 3 is 2.23 bits per heavy atom. The average Bonchev–Trinajstić information content (AvgIpc) is 2.89. The fourth-order valence-corrected chi connectivity index (χ4v) is 4.40. The Kier molecular flexibility index (Phi) is 6.33. The van der Waals surface area contributed by atoms with Crippen LogP contribution in [-0.2, 0) is 4.79 Å². The minimum absolute atomic E-state index is 0.0590. The maximum Gasteiger partial charge on any atom is 0.253 e. The fraction of sp³-hybridized carbons (Fsp3) is 0.636. The van der Waals surface area contributed by atoms with Crippen molar-refractivity contribution in [3.8, 4) is 0 Å². The van der Waals surface area contributed by atoms with Gasteiger partial charge in [0.1, 0.15) is 0 Å². The second-order valence-electron chi connectivity index (χ2n) is 8.16. The van der Waals surface area contributed by atoms with Gasteiger partial charge in [0.05, 0.1) is 5.92 Å². The van der Waals surface area contributed by atoms with Gasteiger partial charge in [0.15, 0.2) is 0 Å². The highest BCUT2D eigenvalue weighted by atomic mass is 16.2. The van der Waals surface area contributed by atoms with Crippen LogP contribution in [0.1, 0.15) is 72.9 Å². The van der Waals surface area contributed by atoms with Gasteiger partial charge in [-0.15, -0.1) is 0 Å². The van der Waals surface area contributed by atoms with Crippen LogP contribution in [0.15, 0.2) is 18.2 Å². The van der Waals surface area contributed by atoms with Crippen LogP contribution in [0.3, 0.4) is 0 Å². The molecular weight excluding hydrogens is 324 g/mol. The Hall–Kier alpha value is -1.84. The number of carbonyl (C=O) groups excluding carboxylic acids is 2. The summed E-state index contributed by atoms with van der Waals surface area (Å²) in [5, 5.41) is 3.27. The molecule has 1 saturated carbocycles. The third-order valence-electron chi connectivity index (χ3n) is 5.75. The lowest BCUT2D eigenvalue weighted by Crippen LogP contribution is -2.47. The molecule has 1 atom stereocenters. The summed E-state index contributed by atoms with van der Waals surface area (Å²) in [5.74, 6) is 0.139. The Morgan fingerprint density at radius 2 is 1.58 bits per heavy atom. The third-order valence-corrected chi connectivity index (χ3v) is 5.75. The number of rotatable bonds is 3. The number of hydrogen-bond donors (Lipinski definition) is 1. The lowest BCUT2D eigenvalue weighted by Gasteiger charge is -2.33. The molecule has 1 aliphatic heterocycles. The largest absolute Gasteiger partial charge is 0.353 e. The van der Waals surface area contributed by atoms with Crippen LogP contribution < -0.4 is 5.32 Å². The molecule has 142 valence electrons. The van der Waals surface area contributed by atoms with Crippen LogP contribution in [-0.4, -0.2) is 35.8 Å². The van der Waals surface area contributed by atoms with E-state index < -0.39 is 0 Å². The van der Waals surface area contributed by atoms with Gasteiger partial charge < -0.3 is 10.2 Å². The molecule has 1 aromatic carbocycles. The number of carbonyl (C=O) groups is 2. The number of aryl methyl sites for hydroxylation is 2. The zero-order chi connectivity index (χ0) is 18.5. The smallest absolute Gasteiger partial charge is 0.253 e. The molecule has 3 rings (SSSR count). The molecular formula is C22H32N2O2. The number of nitrogens with zero attached hydrogens (tertiary/aromatic N) is 1.